The van der Waals surface area contributed by atoms with Gasteiger partial charge in [-0.25, -0.2) is 0 Å². The number of benzene rings is 3. The fourth-order valence-corrected chi connectivity index (χ4v) is 4.00. The second-order valence-corrected chi connectivity index (χ2v) is 7.38. The van der Waals surface area contributed by atoms with Gasteiger partial charge in [0.25, 0.3) is 0 Å². The molecule has 0 amide bonds. The molecule has 0 aliphatic rings. The largest absolute Gasteiger partial charge is 0.338 e. The summed E-state index contributed by atoms with van der Waals surface area (Å²) in [5, 5.41) is 21.9. The molecule has 0 atom stereocenters. The maximum Gasteiger partial charge on any atom is 0.338 e. The summed E-state index contributed by atoms with van der Waals surface area (Å²) >= 11 is 0.566. The lowest BCUT2D eigenvalue weighted by Gasteiger charge is -2.25. The molecule has 148 valence electrons. The molecule has 1 aromatic heterocycles. The fourth-order valence-electron chi connectivity index (χ4n) is 3.19. The topological polar surface area (TPSA) is 89.5 Å². The van der Waals surface area contributed by atoms with E-state index in [1.807, 2.05) is 72.8 Å². The van der Waals surface area contributed by atoms with Crippen molar-refractivity contribution in [3.8, 4) is 11.1 Å². The molecule has 0 fully saturated rings. The highest BCUT2D eigenvalue weighted by Gasteiger charge is 2.26. The van der Waals surface area contributed by atoms with Crippen molar-refractivity contribution < 1.29 is 9.85 Å². The highest BCUT2D eigenvalue weighted by molar-refractivity contribution is 7.19. The Hall–Kier alpha value is -4.04. The van der Waals surface area contributed by atoms with Gasteiger partial charge in [0, 0.05) is 34.5 Å². The molecule has 7 nitrogen and oxygen atoms in total. The van der Waals surface area contributed by atoms with Crippen LogP contribution in [0.25, 0.3) is 11.1 Å². The molecule has 0 saturated heterocycles. The Balaban J connectivity index is 1.77. The summed E-state index contributed by atoms with van der Waals surface area (Å²) in [6, 6.07) is 28.1. The summed E-state index contributed by atoms with van der Waals surface area (Å²) < 4.78 is 0. The normalized spacial score (nSPS) is 10.5. The molecule has 8 heteroatoms. The molecule has 3 aromatic carbocycles. The van der Waals surface area contributed by atoms with Gasteiger partial charge in [-0.15, -0.1) is 0 Å². The first-order chi connectivity index (χ1) is 14.5. The molecule has 4 rings (SSSR count). The summed E-state index contributed by atoms with van der Waals surface area (Å²) in [6.07, 6.45) is 0. The molecule has 30 heavy (non-hydrogen) atoms. The number of para-hydroxylation sites is 2. The van der Waals surface area contributed by atoms with Gasteiger partial charge in [0.05, 0.1) is 15.4 Å². The van der Waals surface area contributed by atoms with E-state index in [2.05, 4.69) is 4.90 Å². The second-order valence-electron chi connectivity index (χ2n) is 6.37. The Labute approximate surface area is 175 Å². The van der Waals surface area contributed by atoms with Crippen molar-refractivity contribution >= 4 is 38.4 Å². The van der Waals surface area contributed by atoms with E-state index in [0.717, 1.165) is 17.1 Å². The van der Waals surface area contributed by atoms with E-state index in [1.165, 1.54) is 6.07 Å². The quantitative estimate of drug-likeness (QED) is 0.257. The Morgan fingerprint density at radius 1 is 0.667 bits per heavy atom. The lowest BCUT2D eigenvalue weighted by molar-refractivity contribution is -0.382. The third kappa shape index (κ3) is 3.76. The maximum atomic E-state index is 11.4. The van der Waals surface area contributed by atoms with Crippen LogP contribution in [0.4, 0.5) is 27.1 Å². The highest BCUT2D eigenvalue weighted by Crippen LogP contribution is 2.42. The van der Waals surface area contributed by atoms with E-state index in [4.69, 9.17) is 0 Å². The van der Waals surface area contributed by atoms with Gasteiger partial charge in [-0.3, -0.25) is 20.2 Å². The Kier molecular flexibility index (Phi) is 5.23. The van der Waals surface area contributed by atoms with Crippen molar-refractivity contribution in [2.75, 3.05) is 4.90 Å². The average molecular weight is 417 g/mol. The second kappa shape index (κ2) is 8.14. The van der Waals surface area contributed by atoms with Gasteiger partial charge >= 0.3 is 10.0 Å². The minimum absolute atomic E-state index is 0.238. The molecule has 4 aromatic rings. The SMILES string of the molecule is O=[N+]([O-])c1cc(-c2ccc(N(c3ccccc3)c3ccccc3)cc2)c([N+](=O)[O-])s1. The average Bonchev–Trinajstić information content (AvgIpc) is 3.22. The van der Waals surface area contributed by atoms with Crippen LogP contribution in [-0.4, -0.2) is 9.85 Å². The molecule has 0 unspecified atom stereocenters. The van der Waals surface area contributed by atoms with Crippen LogP contribution >= 0.6 is 11.3 Å². The number of hydrogen-bond acceptors (Lipinski definition) is 6. The first-order valence-corrected chi connectivity index (χ1v) is 9.79. The van der Waals surface area contributed by atoms with E-state index >= 15 is 0 Å². The fraction of sp³-hybridized carbons (Fsp3) is 0. The Morgan fingerprint density at radius 2 is 1.17 bits per heavy atom. The van der Waals surface area contributed by atoms with E-state index in [1.54, 1.807) is 12.1 Å². The number of rotatable bonds is 6. The summed E-state index contributed by atoms with van der Waals surface area (Å²) in [4.78, 5) is 23.3. The minimum atomic E-state index is -0.609. The molecular formula is C22H15N3O4S. The van der Waals surface area contributed by atoms with E-state index in [9.17, 15) is 20.2 Å². The first-order valence-electron chi connectivity index (χ1n) is 8.98. The predicted molar refractivity (Wildman–Crippen MR) is 118 cm³/mol. The number of anilines is 3. The molecule has 0 radical (unpaired) electrons. The van der Waals surface area contributed by atoms with Gasteiger partial charge in [0.1, 0.15) is 0 Å². The summed E-state index contributed by atoms with van der Waals surface area (Å²) in [7, 11) is 0. The smallest absolute Gasteiger partial charge is 0.311 e. The van der Waals surface area contributed by atoms with Crippen LogP contribution in [0.5, 0.6) is 0 Å². The van der Waals surface area contributed by atoms with Crippen molar-refractivity contribution in [2.24, 2.45) is 0 Å². The Morgan fingerprint density at radius 3 is 1.63 bits per heavy atom. The number of thiophene rings is 1. The van der Waals surface area contributed by atoms with E-state index < -0.39 is 9.85 Å². The van der Waals surface area contributed by atoms with Crippen molar-refractivity contribution in [2.45, 2.75) is 0 Å². The van der Waals surface area contributed by atoms with Crippen molar-refractivity contribution in [1.29, 1.82) is 0 Å². The van der Waals surface area contributed by atoms with E-state index in [-0.39, 0.29) is 15.6 Å². The van der Waals surface area contributed by atoms with Crippen molar-refractivity contribution in [3.63, 3.8) is 0 Å². The van der Waals surface area contributed by atoms with Crippen LogP contribution in [0.2, 0.25) is 0 Å². The standard InChI is InChI=1S/C22H15N3O4S/c26-24(27)21-15-20(22(30-21)25(28)29)16-11-13-19(14-12-16)23(17-7-3-1-4-8-17)18-9-5-2-6-10-18/h1-15H. The lowest BCUT2D eigenvalue weighted by Crippen LogP contribution is -2.09. The van der Waals surface area contributed by atoms with Gasteiger partial charge in [0.15, 0.2) is 0 Å². The molecular weight excluding hydrogens is 402 g/mol. The lowest BCUT2D eigenvalue weighted by atomic mass is 10.1. The van der Waals surface area contributed by atoms with Crippen LogP contribution < -0.4 is 4.90 Å². The first kappa shape index (κ1) is 19.3. The zero-order valence-corrected chi connectivity index (χ0v) is 16.4. The molecule has 0 aliphatic heterocycles. The third-order valence-corrected chi connectivity index (χ3v) is 5.55. The number of hydrogen-bond donors (Lipinski definition) is 0. The number of nitro groups is 2. The zero-order valence-electron chi connectivity index (χ0n) is 15.5. The maximum absolute atomic E-state index is 11.4. The van der Waals surface area contributed by atoms with Gasteiger partial charge in [-0.1, -0.05) is 48.5 Å². The number of nitrogens with zero attached hydrogens (tertiary/aromatic N) is 3. The molecule has 0 spiro atoms. The molecule has 0 N–H and O–H groups in total. The summed E-state index contributed by atoms with van der Waals surface area (Å²) in [5.74, 6) is 0. The van der Waals surface area contributed by atoms with Crippen LogP contribution in [0.1, 0.15) is 0 Å². The molecule has 0 bridgehead atoms. The summed E-state index contributed by atoms with van der Waals surface area (Å²) in [6.45, 7) is 0. The monoisotopic (exact) mass is 417 g/mol. The highest BCUT2D eigenvalue weighted by atomic mass is 32.1. The minimum Gasteiger partial charge on any atom is -0.311 e. The molecule has 0 aliphatic carbocycles. The van der Waals surface area contributed by atoms with Crippen LogP contribution in [0, 0.1) is 20.2 Å². The Bertz CT molecular complexity index is 1150. The van der Waals surface area contributed by atoms with Crippen LogP contribution in [0.15, 0.2) is 91.0 Å². The van der Waals surface area contributed by atoms with Crippen molar-refractivity contribution in [1.82, 2.24) is 0 Å². The van der Waals surface area contributed by atoms with Crippen LogP contribution in [0.3, 0.4) is 0 Å². The molecule has 1 heterocycles. The van der Waals surface area contributed by atoms with Crippen LogP contribution in [-0.2, 0) is 0 Å². The van der Waals surface area contributed by atoms with Gasteiger partial charge < -0.3 is 4.90 Å². The van der Waals surface area contributed by atoms with Gasteiger partial charge in [0.2, 0.25) is 0 Å². The summed E-state index contributed by atoms with van der Waals surface area (Å²) in [5.41, 5.74) is 3.59. The third-order valence-electron chi connectivity index (χ3n) is 4.51. The van der Waals surface area contributed by atoms with E-state index in [0.29, 0.717) is 16.9 Å². The van der Waals surface area contributed by atoms with Gasteiger partial charge in [-0.2, -0.15) is 0 Å². The van der Waals surface area contributed by atoms with Crippen molar-refractivity contribution in [3.05, 3.63) is 111 Å². The predicted octanol–water partition coefficient (Wildman–Crippen LogP) is 6.70. The van der Waals surface area contributed by atoms with Gasteiger partial charge in [-0.05, 0) is 42.0 Å². The molecule has 0 saturated carbocycles. The zero-order chi connectivity index (χ0) is 21.1.